The van der Waals surface area contributed by atoms with Crippen LogP contribution in [0, 0.1) is 0 Å². The highest BCUT2D eigenvalue weighted by atomic mass is 16.7. The van der Waals surface area contributed by atoms with E-state index in [-0.39, 0.29) is 12.8 Å². The molecule has 2 heterocycles. The highest BCUT2D eigenvalue weighted by Crippen LogP contribution is 2.36. The minimum absolute atomic E-state index is 0.258. The van der Waals surface area contributed by atoms with E-state index in [9.17, 15) is 0 Å². The number of hydrogen-bond donors (Lipinski definition) is 1. The molecular formula is C15H16N2O3. The average Bonchev–Trinajstić information content (AvgIpc) is 2.95. The SMILES string of the molecule is CNC(C)c1ccc(Oc2ccc3c(c2)OCO3)nc1. The van der Waals surface area contributed by atoms with Crippen molar-refractivity contribution in [3.8, 4) is 23.1 Å². The van der Waals surface area contributed by atoms with Crippen molar-refractivity contribution in [1.82, 2.24) is 10.3 Å². The van der Waals surface area contributed by atoms with Gasteiger partial charge in [0.05, 0.1) is 0 Å². The Morgan fingerprint density at radius 2 is 2.05 bits per heavy atom. The molecule has 5 nitrogen and oxygen atoms in total. The Hall–Kier alpha value is -2.27. The molecule has 1 N–H and O–H groups in total. The van der Waals surface area contributed by atoms with Crippen LogP contribution in [0.2, 0.25) is 0 Å². The van der Waals surface area contributed by atoms with Crippen molar-refractivity contribution in [3.05, 3.63) is 42.1 Å². The molecule has 1 unspecified atom stereocenters. The molecule has 5 heteroatoms. The Morgan fingerprint density at radius 1 is 1.20 bits per heavy atom. The molecular weight excluding hydrogens is 256 g/mol. The molecule has 104 valence electrons. The van der Waals surface area contributed by atoms with Crippen LogP contribution >= 0.6 is 0 Å². The van der Waals surface area contributed by atoms with E-state index in [2.05, 4.69) is 17.2 Å². The predicted molar refractivity (Wildman–Crippen MR) is 74.4 cm³/mol. The first-order chi connectivity index (χ1) is 9.76. The Balaban J connectivity index is 1.74. The molecule has 0 radical (unpaired) electrons. The van der Waals surface area contributed by atoms with Crippen LogP contribution in [0.5, 0.6) is 23.1 Å². The number of ether oxygens (including phenoxy) is 3. The number of pyridine rings is 1. The van der Waals surface area contributed by atoms with Gasteiger partial charge in [-0.3, -0.25) is 0 Å². The van der Waals surface area contributed by atoms with Gasteiger partial charge in [-0.05, 0) is 31.7 Å². The Bertz CT molecular complexity index is 599. The minimum Gasteiger partial charge on any atom is -0.454 e. The lowest BCUT2D eigenvalue weighted by molar-refractivity contribution is 0.174. The van der Waals surface area contributed by atoms with Crippen LogP contribution in [0.25, 0.3) is 0 Å². The molecule has 0 fully saturated rings. The first kappa shape index (κ1) is 12.7. The zero-order chi connectivity index (χ0) is 13.9. The average molecular weight is 272 g/mol. The topological polar surface area (TPSA) is 52.6 Å². The second-order valence-corrected chi connectivity index (χ2v) is 4.56. The summed E-state index contributed by atoms with van der Waals surface area (Å²) in [5, 5.41) is 3.17. The molecule has 1 aliphatic heterocycles. The number of benzene rings is 1. The lowest BCUT2D eigenvalue weighted by Crippen LogP contribution is -2.12. The third-order valence-electron chi connectivity index (χ3n) is 3.26. The van der Waals surface area contributed by atoms with Crippen molar-refractivity contribution < 1.29 is 14.2 Å². The van der Waals surface area contributed by atoms with Crippen molar-refractivity contribution in [2.24, 2.45) is 0 Å². The van der Waals surface area contributed by atoms with Gasteiger partial charge in [0.2, 0.25) is 12.7 Å². The number of nitrogens with zero attached hydrogens (tertiary/aromatic N) is 1. The van der Waals surface area contributed by atoms with E-state index in [1.54, 1.807) is 6.07 Å². The van der Waals surface area contributed by atoms with Gasteiger partial charge in [0.1, 0.15) is 5.75 Å². The Kier molecular flexibility index (Phi) is 3.43. The summed E-state index contributed by atoms with van der Waals surface area (Å²) < 4.78 is 16.3. The second-order valence-electron chi connectivity index (χ2n) is 4.56. The van der Waals surface area contributed by atoms with E-state index in [1.807, 2.05) is 37.5 Å². The lowest BCUT2D eigenvalue weighted by Gasteiger charge is -2.11. The molecule has 1 atom stereocenters. The van der Waals surface area contributed by atoms with Gasteiger partial charge in [0.15, 0.2) is 11.5 Å². The summed E-state index contributed by atoms with van der Waals surface area (Å²) in [6.45, 7) is 2.34. The van der Waals surface area contributed by atoms with Crippen molar-refractivity contribution in [1.29, 1.82) is 0 Å². The Morgan fingerprint density at radius 3 is 2.80 bits per heavy atom. The van der Waals surface area contributed by atoms with Crippen molar-refractivity contribution in [2.45, 2.75) is 13.0 Å². The molecule has 0 bridgehead atoms. The molecule has 3 rings (SSSR count). The second kappa shape index (κ2) is 5.38. The number of rotatable bonds is 4. The first-order valence-electron chi connectivity index (χ1n) is 6.47. The largest absolute Gasteiger partial charge is 0.454 e. The van der Waals surface area contributed by atoms with E-state index in [4.69, 9.17) is 14.2 Å². The number of nitrogens with one attached hydrogen (secondary N) is 1. The lowest BCUT2D eigenvalue weighted by atomic mass is 10.1. The Labute approximate surface area is 117 Å². The van der Waals surface area contributed by atoms with Gasteiger partial charge < -0.3 is 19.5 Å². The zero-order valence-corrected chi connectivity index (χ0v) is 11.4. The third kappa shape index (κ3) is 2.53. The maximum Gasteiger partial charge on any atom is 0.231 e. The predicted octanol–water partition coefficient (Wildman–Crippen LogP) is 2.88. The van der Waals surface area contributed by atoms with Crippen LogP contribution in [-0.4, -0.2) is 18.8 Å². The first-order valence-corrected chi connectivity index (χ1v) is 6.47. The molecule has 0 spiro atoms. The third-order valence-corrected chi connectivity index (χ3v) is 3.26. The van der Waals surface area contributed by atoms with Crippen molar-refractivity contribution in [2.75, 3.05) is 13.8 Å². The number of aromatic nitrogens is 1. The zero-order valence-electron chi connectivity index (χ0n) is 11.4. The van der Waals surface area contributed by atoms with Crippen LogP contribution < -0.4 is 19.5 Å². The maximum atomic E-state index is 5.70. The number of hydrogen-bond acceptors (Lipinski definition) is 5. The smallest absolute Gasteiger partial charge is 0.231 e. The fraction of sp³-hybridized carbons (Fsp3) is 0.267. The van der Waals surface area contributed by atoms with Gasteiger partial charge in [0, 0.05) is 24.4 Å². The van der Waals surface area contributed by atoms with Gasteiger partial charge in [-0.15, -0.1) is 0 Å². The van der Waals surface area contributed by atoms with E-state index in [1.165, 1.54) is 0 Å². The molecule has 1 aromatic heterocycles. The van der Waals surface area contributed by atoms with Gasteiger partial charge in [-0.2, -0.15) is 0 Å². The van der Waals surface area contributed by atoms with Gasteiger partial charge in [-0.25, -0.2) is 4.98 Å². The van der Waals surface area contributed by atoms with Crippen molar-refractivity contribution >= 4 is 0 Å². The molecule has 1 aromatic carbocycles. The van der Waals surface area contributed by atoms with Crippen LogP contribution in [0.3, 0.4) is 0 Å². The maximum absolute atomic E-state index is 5.70. The highest BCUT2D eigenvalue weighted by molar-refractivity contribution is 5.47. The molecule has 0 amide bonds. The van der Waals surface area contributed by atoms with Crippen LogP contribution in [0.4, 0.5) is 0 Å². The van der Waals surface area contributed by atoms with E-state index < -0.39 is 0 Å². The standard InChI is InChI=1S/C15H16N2O3/c1-10(16-2)11-3-6-15(17-8-11)20-12-4-5-13-14(7-12)19-9-18-13/h3-8,10,16H,9H2,1-2H3. The summed E-state index contributed by atoms with van der Waals surface area (Å²) in [5.74, 6) is 2.67. The van der Waals surface area contributed by atoms with E-state index >= 15 is 0 Å². The fourth-order valence-electron chi connectivity index (χ4n) is 1.94. The minimum atomic E-state index is 0.258. The number of fused-ring (bicyclic) bond motifs is 1. The van der Waals surface area contributed by atoms with Crippen LogP contribution in [0.15, 0.2) is 36.5 Å². The summed E-state index contributed by atoms with van der Waals surface area (Å²) in [6.07, 6.45) is 1.81. The molecule has 0 saturated heterocycles. The molecule has 2 aromatic rings. The molecule has 1 aliphatic rings. The monoisotopic (exact) mass is 272 g/mol. The summed E-state index contributed by atoms with van der Waals surface area (Å²) in [5.41, 5.74) is 1.12. The summed E-state index contributed by atoms with van der Waals surface area (Å²) in [4.78, 5) is 4.30. The quantitative estimate of drug-likeness (QED) is 0.927. The summed E-state index contributed by atoms with van der Waals surface area (Å²) >= 11 is 0. The van der Waals surface area contributed by atoms with Crippen LogP contribution in [-0.2, 0) is 0 Å². The van der Waals surface area contributed by atoms with Gasteiger partial charge in [-0.1, -0.05) is 6.07 Å². The molecule has 0 aliphatic carbocycles. The fourth-order valence-corrected chi connectivity index (χ4v) is 1.94. The van der Waals surface area contributed by atoms with Crippen molar-refractivity contribution in [3.63, 3.8) is 0 Å². The summed E-state index contributed by atoms with van der Waals surface area (Å²) in [6, 6.07) is 9.58. The normalized spacial score (nSPS) is 14.1. The van der Waals surface area contributed by atoms with E-state index in [0.29, 0.717) is 17.4 Å². The highest BCUT2D eigenvalue weighted by Gasteiger charge is 2.14. The molecule has 20 heavy (non-hydrogen) atoms. The molecule has 0 saturated carbocycles. The van der Waals surface area contributed by atoms with Gasteiger partial charge >= 0.3 is 0 Å². The van der Waals surface area contributed by atoms with E-state index in [0.717, 1.165) is 11.3 Å². The van der Waals surface area contributed by atoms with Crippen LogP contribution in [0.1, 0.15) is 18.5 Å². The van der Waals surface area contributed by atoms with Gasteiger partial charge in [0.25, 0.3) is 0 Å². The summed E-state index contributed by atoms with van der Waals surface area (Å²) in [7, 11) is 1.92.